The molecule has 0 aliphatic carbocycles. The van der Waals surface area contributed by atoms with Gasteiger partial charge in [-0.15, -0.1) is 0 Å². The molecular weight excluding hydrogens is 316 g/mol. The van der Waals surface area contributed by atoms with Crippen LogP contribution < -0.4 is 0 Å². The molecule has 0 saturated carbocycles. The Kier molecular flexibility index (Phi) is 4.58. The molecular formula is C18H22N6O. The maximum atomic E-state index is 6.02. The molecule has 0 amide bonds. The fraction of sp³-hybridized carbons (Fsp3) is 0.389. The lowest BCUT2D eigenvalue weighted by Gasteiger charge is -2.35. The maximum Gasteiger partial charge on any atom is 0.0949 e. The smallest absolute Gasteiger partial charge is 0.0949 e. The van der Waals surface area contributed by atoms with Crippen molar-refractivity contribution >= 4 is 0 Å². The number of pyridine rings is 1. The quantitative estimate of drug-likeness (QED) is 0.740. The Hall–Kier alpha value is -2.51. The minimum Gasteiger partial charge on any atom is -0.375 e. The topological polar surface area (TPSA) is 71.9 Å². The van der Waals surface area contributed by atoms with Crippen LogP contribution in [0.1, 0.15) is 22.5 Å². The predicted octanol–water partition coefficient (Wildman–Crippen LogP) is 1.68. The first-order chi connectivity index (χ1) is 12.3. The van der Waals surface area contributed by atoms with Crippen molar-refractivity contribution in [3.8, 4) is 0 Å². The molecule has 0 unspecified atom stereocenters. The summed E-state index contributed by atoms with van der Waals surface area (Å²) in [7, 11) is 2.06. The van der Waals surface area contributed by atoms with Gasteiger partial charge >= 0.3 is 0 Å². The lowest BCUT2D eigenvalue weighted by atomic mass is 10.0. The number of ether oxygens (including phenoxy) is 1. The highest BCUT2D eigenvalue weighted by Gasteiger charge is 2.29. The van der Waals surface area contributed by atoms with Gasteiger partial charge in [0.05, 0.1) is 31.4 Å². The zero-order valence-electron chi connectivity index (χ0n) is 14.3. The number of H-pyrrole nitrogens is 1. The van der Waals surface area contributed by atoms with E-state index in [1.165, 1.54) is 11.3 Å². The third-order valence-corrected chi connectivity index (χ3v) is 4.71. The number of aryl methyl sites for hydroxylation is 1. The summed E-state index contributed by atoms with van der Waals surface area (Å²) in [4.78, 5) is 11.0. The summed E-state index contributed by atoms with van der Waals surface area (Å²) in [6, 6.07) is 4.30. The summed E-state index contributed by atoms with van der Waals surface area (Å²) in [5.74, 6) is 0. The summed E-state index contributed by atoms with van der Waals surface area (Å²) in [6.07, 6.45) is 10.3. The lowest BCUT2D eigenvalue weighted by molar-refractivity contribution is 0.0360. The average Bonchev–Trinajstić information content (AvgIpc) is 3.27. The highest BCUT2D eigenvalue weighted by atomic mass is 16.5. The van der Waals surface area contributed by atoms with Gasteiger partial charge in [-0.3, -0.25) is 15.0 Å². The first kappa shape index (κ1) is 16.0. The van der Waals surface area contributed by atoms with Gasteiger partial charge in [0.25, 0.3) is 0 Å². The molecule has 130 valence electrons. The lowest BCUT2D eigenvalue weighted by Crippen LogP contribution is -2.43. The number of fused-ring (bicyclic) bond motifs is 1. The Morgan fingerprint density at radius 3 is 2.96 bits per heavy atom. The zero-order chi connectivity index (χ0) is 17.1. The second-order valence-corrected chi connectivity index (χ2v) is 6.49. The van der Waals surface area contributed by atoms with Gasteiger partial charge in [-0.1, -0.05) is 0 Å². The molecule has 1 N–H and O–H groups in total. The Morgan fingerprint density at radius 2 is 2.16 bits per heavy atom. The number of rotatable bonds is 6. The minimum absolute atomic E-state index is 0.319. The van der Waals surface area contributed by atoms with E-state index < -0.39 is 0 Å². The first-order valence-corrected chi connectivity index (χ1v) is 8.47. The summed E-state index contributed by atoms with van der Waals surface area (Å²) < 4.78 is 8.14. The van der Waals surface area contributed by atoms with Crippen LogP contribution in [0.2, 0.25) is 0 Å². The standard InChI is InChI=1S/C18H22N6O/c1-23-13-20-17-10-24(9-15-7-21-22-8-15)16(6-18(17)23)12-25-11-14-2-4-19-5-3-14/h2-5,7-8,13,16H,6,9-12H2,1H3,(H,21,22)/t16-/m1/s1. The summed E-state index contributed by atoms with van der Waals surface area (Å²) in [5.41, 5.74) is 4.80. The zero-order valence-corrected chi connectivity index (χ0v) is 14.3. The van der Waals surface area contributed by atoms with E-state index in [4.69, 9.17) is 4.74 Å². The van der Waals surface area contributed by atoms with Crippen molar-refractivity contribution in [2.45, 2.75) is 32.2 Å². The van der Waals surface area contributed by atoms with E-state index in [1.807, 2.05) is 30.9 Å². The molecule has 1 aliphatic heterocycles. The van der Waals surface area contributed by atoms with E-state index in [9.17, 15) is 0 Å². The Morgan fingerprint density at radius 1 is 1.28 bits per heavy atom. The van der Waals surface area contributed by atoms with Gasteiger partial charge in [0, 0.05) is 62.4 Å². The molecule has 0 bridgehead atoms. The van der Waals surface area contributed by atoms with E-state index in [0.717, 1.165) is 30.8 Å². The Bertz CT molecular complexity index is 798. The predicted molar refractivity (Wildman–Crippen MR) is 92.4 cm³/mol. The highest BCUT2D eigenvalue weighted by Crippen LogP contribution is 2.24. The van der Waals surface area contributed by atoms with Crippen LogP contribution in [0, 0.1) is 0 Å². The molecule has 7 nitrogen and oxygen atoms in total. The molecule has 3 aromatic rings. The Labute approximate surface area is 146 Å². The number of imidazole rings is 1. The van der Waals surface area contributed by atoms with E-state index in [-0.39, 0.29) is 0 Å². The molecule has 4 rings (SSSR count). The van der Waals surface area contributed by atoms with Crippen molar-refractivity contribution in [1.29, 1.82) is 0 Å². The highest BCUT2D eigenvalue weighted by molar-refractivity contribution is 5.19. The molecule has 25 heavy (non-hydrogen) atoms. The first-order valence-electron chi connectivity index (χ1n) is 8.47. The van der Waals surface area contributed by atoms with Crippen molar-refractivity contribution in [3.05, 3.63) is 65.8 Å². The van der Waals surface area contributed by atoms with E-state index in [2.05, 4.69) is 36.7 Å². The maximum absolute atomic E-state index is 6.02. The second-order valence-electron chi connectivity index (χ2n) is 6.49. The van der Waals surface area contributed by atoms with Crippen LogP contribution in [0.4, 0.5) is 0 Å². The number of hydrogen-bond acceptors (Lipinski definition) is 5. The second kappa shape index (κ2) is 7.16. The van der Waals surface area contributed by atoms with Gasteiger partial charge in [-0.2, -0.15) is 5.10 Å². The molecule has 0 fully saturated rings. The van der Waals surface area contributed by atoms with Gasteiger partial charge in [-0.25, -0.2) is 4.98 Å². The van der Waals surface area contributed by atoms with E-state index in [0.29, 0.717) is 19.3 Å². The van der Waals surface area contributed by atoms with Crippen LogP contribution in [-0.4, -0.2) is 42.3 Å². The summed E-state index contributed by atoms with van der Waals surface area (Å²) in [5, 5.41) is 6.94. The number of hydrogen-bond donors (Lipinski definition) is 1. The van der Waals surface area contributed by atoms with Crippen LogP contribution >= 0.6 is 0 Å². The summed E-state index contributed by atoms with van der Waals surface area (Å²) in [6.45, 7) is 2.97. The average molecular weight is 338 g/mol. The number of nitrogens with zero attached hydrogens (tertiary/aromatic N) is 5. The van der Waals surface area contributed by atoms with E-state index in [1.54, 1.807) is 12.4 Å². The van der Waals surface area contributed by atoms with E-state index >= 15 is 0 Å². The van der Waals surface area contributed by atoms with Crippen LogP contribution in [0.25, 0.3) is 0 Å². The van der Waals surface area contributed by atoms with Gasteiger partial charge in [-0.05, 0) is 17.7 Å². The Balaban J connectivity index is 1.45. The fourth-order valence-electron chi connectivity index (χ4n) is 3.31. The molecule has 7 heteroatoms. The van der Waals surface area contributed by atoms with Crippen molar-refractivity contribution < 1.29 is 4.74 Å². The molecule has 0 saturated heterocycles. The van der Waals surface area contributed by atoms with Crippen molar-refractivity contribution in [2.75, 3.05) is 6.61 Å². The SMILES string of the molecule is Cn1cnc2c1C[C@H](COCc1ccncc1)N(Cc1cn[nH]c1)C2. The van der Waals surface area contributed by atoms with Gasteiger partial charge in [0.1, 0.15) is 0 Å². The van der Waals surface area contributed by atoms with Crippen molar-refractivity contribution in [2.24, 2.45) is 7.05 Å². The molecule has 0 aromatic carbocycles. The van der Waals surface area contributed by atoms with Gasteiger partial charge in [0.2, 0.25) is 0 Å². The fourth-order valence-corrected chi connectivity index (χ4v) is 3.31. The monoisotopic (exact) mass is 338 g/mol. The summed E-state index contributed by atoms with van der Waals surface area (Å²) >= 11 is 0. The minimum atomic E-state index is 0.319. The van der Waals surface area contributed by atoms with Crippen LogP contribution in [0.3, 0.4) is 0 Å². The van der Waals surface area contributed by atoms with Crippen LogP contribution in [0.15, 0.2) is 43.2 Å². The van der Waals surface area contributed by atoms with Crippen LogP contribution in [0.5, 0.6) is 0 Å². The molecule has 0 radical (unpaired) electrons. The molecule has 4 heterocycles. The third-order valence-electron chi connectivity index (χ3n) is 4.71. The molecule has 0 spiro atoms. The van der Waals surface area contributed by atoms with Gasteiger partial charge < -0.3 is 9.30 Å². The molecule has 1 aliphatic rings. The number of aromatic nitrogens is 5. The van der Waals surface area contributed by atoms with Crippen molar-refractivity contribution in [1.82, 2.24) is 29.6 Å². The number of nitrogens with one attached hydrogen (secondary N) is 1. The largest absolute Gasteiger partial charge is 0.375 e. The third kappa shape index (κ3) is 3.62. The molecule has 3 aromatic heterocycles. The molecule has 1 atom stereocenters. The van der Waals surface area contributed by atoms with Gasteiger partial charge in [0.15, 0.2) is 0 Å². The number of aromatic amines is 1. The normalized spacial score (nSPS) is 17.6. The van der Waals surface area contributed by atoms with Crippen molar-refractivity contribution in [3.63, 3.8) is 0 Å². The van der Waals surface area contributed by atoms with Crippen LogP contribution in [-0.2, 0) is 37.9 Å².